The largest absolute Gasteiger partial charge is 0.352 e. The summed E-state index contributed by atoms with van der Waals surface area (Å²) in [7, 11) is 0. The van der Waals surface area contributed by atoms with Gasteiger partial charge in [-0.15, -0.1) is 0 Å². The number of nitrogens with one attached hydrogen (secondary N) is 1. The van der Waals surface area contributed by atoms with E-state index in [2.05, 4.69) is 25.2 Å². The molecule has 0 amide bonds. The average Bonchev–Trinajstić information content (AvgIpc) is 2.37. The second kappa shape index (κ2) is 4.91. The summed E-state index contributed by atoms with van der Waals surface area (Å²) in [5.74, 6) is -0.102. The molecule has 4 heteroatoms. The van der Waals surface area contributed by atoms with Crippen molar-refractivity contribution in [2.75, 3.05) is 0 Å². The summed E-state index contributed by atoms with van der Waals surface area (Å²) >= 11 is 5.48. The summed E-state index contributed by atoms with van der Waals surface area (Å²) in [6.07, 6.45) is 6.68. The minimum absolute atomic E-state index is 0.0200. The molecule has 0 bridgehead atoms. The molecule has 1 spiro atoms. The van der Waals surface area contributed by atoms with Crippen molar-refractivity contribution in [1.82, 2.24) is 5.32 Å². The first-order valence-electron chi connectivity index (χ1n) is 7.87. The first-order chi connectivity index (χ1) is 9.89. The van der Waals surface area contributed by atoms with Gasteiger partial charge in [0.2, 0.25) is 0 Å². The fourth-order valence-electron chi connectivity index (χ4n) is 4.53. The molecule has 0 radical (unpaired) electrons. The fourth-order valence-corrected chi connectivity index (χ4v) is 4.93. The van der Waals surface area contributed by atoms with Gasteiger partial charge in [0.1, 0.15) is 5.92 Å². The maximum absolute atomic E-state index is 12.8. The summed E-state index contributed by atoms with van der Waals surface area (Å²) < 4.78 is 0. The van der Waals surface area contributed by atoms with Gasteiger partial charge in [-0.3, -0.25) is 4.79 Å². The van der Waals surface area contributed by atoms with Crippen molar-refractivity contribution in [3.63, 3.8) is 0 Å². The van der Waals surface area contributed by atoms with Crippen LogP contribution in [0.3, 0.4) is 0 Å². The van der Waals surface area contributed by atoms with Crippen molar-refractivity contribution in [1.29, 1.82) is 5.26 Å². The molecule has 0 unspecified atom stereocenters. The van der Waals surface area contributed by atoms with Crippen molar-refractivity contribution in [3.05, 3.63) is 11.3 Å². The van der Waals surface area contributed by atoms with Crippen molar-refractivity contribution in [2.45, 2.75) is 58.8 Å². The monoisotopic (exact) mass is 302 g/mol. The van der Waals surface area contributed by atoms with Crippen LogP contribution < -0.4 is 5.32 Å². The fraction of sp³-hybridized carbons (Fsp3) is 0.706. The van der Waals surface area contributed by atoms with Crippen LogP contribution in [0.1, 0.15) is 58.8 Å². The van der Waals surface area contributed by atoms with E-state index < -0.39 is 0 Å². The molecule has 0 aromatic rings. The Bertz CT molecular complexity index is 576. The molecule has 1 N–H and O–H groups in total. The number of Topliss-reactive ketones (excluding diaryl/α,β-unsaturated/α-hetero) is 1. The third-order valence-corrected chi connectivity index (χ3v) is 5.67. The van der Waals surface area contributed by atoms with E-state index in [9.17, 15) is 10.1 Å². The van der Waals surface area contributed by atoms with Gasteiger partial charge in [0, 0.05) is 23.1 Å². The highest BCUT2D eigenvalue weighted by Gasteiger charge is 2.53. The van der Waals surface area contributed by atoms with E-state index >= 15 is 0 Å². The van der Waals surface area contributed by atoms with Gasteiger partial charge in [0.25, 0.3) is 0 Å². The molecule has 2 aliphatic carbocycles. The van der Waals surface area contributed by atoms with Crippen LogP contribution in [0.15, 0.2) is 11.3 Å². The molecule has 1 fully saturated rings. The minimum Gasteiger partial charge on any atom is -0.352 e. The van der Waals surface area contributed by atoms with Crippen LogP contribution in [0, 0.1) is 28.1 Å². The highest BCUT2D eigenvalue weighted by atomic mass is 32.1. The zero-order valence-corrected chi connectivity index (χ0v) is 13.6. The predicted octanol–water partition coefficient (Wildman–Crippen LogP) is 3.65. The van der Waals surface area contributed by atoms with Crippen molar-refractivity contribution in [2.24, 2.45) is 16.7 Å². The SMILES string of the molecule is CC1(C)CC(=O)C2=C(C1)NC(=S)[C@H](C#N)C21CCCCC1. The summed E-state index contributed by atoms with van der Waals surface area (Å²) in [5, 5.41) is 12.9. The zero-order valence-electron chi connectivity index (χ0n) is 12.8. The molecule has 1 saturated carbocycles. The third-order valence-electron chi connectivity index (χ3n) is 5.34. The van der Waals surface area contributed by atoms with E-state index in [0.29, 0.717) is 11.4 Å². The molecule has 0 aromatic heterocycles. The van der Waals surface area contributed by atoms with Crippen molar-refractivity contribution in [3.8, 4) is 6.07 Å². The molecule has 3 aliphatic rings. The zero-order chi connectivity index (χ0) is 15.3. The molecule has 1 atom stereocenters. The number of fused-ring (bicyclic) bond motifs is 1. The first kappa shape index (κ1) is 14.7. The van der Waals surface area contributed by atoms with Crippen molar-refractivity contribution < 1.29 is 4.79 Å². The van der Waals surface area contributed by atoms with Gasteiger partial charge in [0.15, 0.2) is 5.78 Å². The van der Waals surface area contributed by atoms with E-state index in [1.54, 1.807) is 0 Å². The normalized spacial score (nSPS) is 30.6. The topological polar surface area (TPSA) is 52.9 Å². The number of rotatable bonds is 0. The molecule has 0 saturated heterocycles. The predicted molar refractivity (Wildman–Crippen MR) is 85.4 cm³/mol. The van der Waals surface area contributed by atoms with E-state index in [0.717, 1.165) is 43.4 Å². The van der Waals surface area contributed by atoms with Crippen LogP contribution in [0.25, 0.3) is 0 Å². The van der Waals surface area contributed by atoms with Gasteiger partial charge in [-0.25, -0.2) is 0 Å². The number of nitrogens with zero attached hydrogens (tertiary/aromatic N) is 1. The maximum Gasteiger partial charge on any atom is 0.161 e. The number of carbonyl (C=O) groups excluding carboxylic acids is 1. The maximum atomic E-state index is 12.8. The average molecular weight is 302 g/mol. The number of hydrogen-bond donors (Lipinski definition) is 1. The second-order valence-corrected chi connectivity index (χ2v) is 8.00. The Kier molecular flexibility index (Phi) is 3.44. The Morgan fingerprint density at radius 1 is 1.24 bits per heavy atom. The molecule has 3 rings (SSSR count). The highest BCUT2D eigenvalue weighted by molar-refractivity contribution is 7.80. The molecule has 1 aliphatic heterocycles. The van der Waals surface area contributed by atoms with Gasteiger partial charge >= 0.3 is 0 Å². The van der Waals surface area contributed by atoms with E-state index in [-0.39, 0.29) is 22.5 Å². The Morgan fingerprint density at radius 2 is 1.90 bits per heavy atom. The number of nitriles is 1. The van der Waals surface area contributed by atoms with Crippen LogP contribution >= 0.6 is 12.2 Å². The number of ketones is 1. The Balaban J connectivity index is 2.15. The summed E-state index contributed by atoms with van der Waals surface area (Å²) in [5.41, 5.74) is 1.60. The van der Waals surface area contributed by atoms with Crippen LogP contribution in [-0.2, 0) is 4.79 Å². The Morgan fingerprint density at radius 3 is 2.52 bits per heavy atom. The smallest absolute Gasteiger partial charge is 0.161 e. The Hall–Kier alpha value is -1.21. The Labute approximate surface area is 131 Å². The van der Waals surface area contributed by atoms with Crippen molar-refractivity contribution >= 4 is 23.0 Å². The van der Waals surface area contributed by atoms with Crippen LogP contribution in [0.4, 0.5) is 0 Å². The van der Waals surface area contributed by atoms with Gasteiger partial charge < -0.3 is 5.32 Å². The molecule has 1 heterocycles. The lowest BCUT2D eigenvalue weighted by Crippen LogP contribution is -2.52. The number of thiocarbonyl (C=S) groups is 1. The van der Waals surface area contributed by atoms with E-state index in [4.69, 9.17) is 12.2 Å². The molecular formula is C17H22N2OS. The number of carbonyl (C=O) groups is 1. The lowest BCUT2D eigenvalue weighted by atomic mass is 9.56. The first-order valence-corrected chi connectivity index (χ1v) is 8.28. The standard InChI is InChI=1S/C17H22N2OS/c1-16(2)8-12-14(13(20)9-16)17(6-4-3-5-7-17)11(10-18)15(21)19-12/h11H,3-9H2,1-2H3,(H,19,21)/t11-/m0/s1. The third kappa shape index (κ3) is 2.23. The second-order valence-electron chi connectivity index (χ2n) is 7.56. The van der Waals surface area contributed by atoms with Gasteiger partial charge in [-0.1, -0.05) is 45.3 Å². The molecule has 112 valence electrons. The lowest BCUT2D eigenvalue weighted by molar-refractivity contribution is -0.120. The van der Waals surface area contributed by atoms with E-state index in [1.807, 2.05) is 0 Å². The van der Waals surface area contributed by atoms with Crippen LogP contribution in [-0.4, -0.2) is 10.8 Å². The van der Waals surface area contributed by atoms with Crippen LogP contribution in [0.2, 0.25) is 0 Å². The molecule has 21 heavy (non-hydrogen) atoms. The van der Waals surface area contributed by atoms with Gasteiger partial charge in [0.05, 0.1) is 11.1 Å². The van der Waals surface area contributed by atoms with Crippen LogP contribution in [0.5, 0.6) is 0 Å². The van der Waals surface area contributed by atoms with Gasteiger partial charge in [-0.2, -0.15) is 5.26 Å². The number of allylic oxidation sites excluding steroid dienone is 2. The van der Waals surface area contributed by atoms with Gasteiger partial charge in [-0.05, 0) is 24.7 Å². The van der Waals surface area contributed by atoms with E-state index in [1.165, 1.54) is 6.42 Å². The highest BCUT2D eigenvalue weighted by Crippen LogP contribution is 2.55. The lowest BCUT2D eigenvalue weighted by Gasteiger charge is -2.49. The molecular weight excluding hydrogens is 280 g/mol. The summed E-state index contributed by atoms with van der Waals surface area (Å²) in [6.45, 7) is 4.26. The summed E-state index contributed by atoms with van der Waals surface area (Å²) in [4.78, 5) is 13.5. The molecule has 3 nitrogen and oxygen atoms in total. The molecule has 0 aromatic carbocycles. The quantitative estimate of drug-likeness (QED) is 0.694. The number of hydrogen-bond acceptors (Lipinski definition) is 3. The minimum atomic E-state index is -0.336. The summed E-state index contributed by atoms with van der Waals surface area (Å²) in [6, 6.07) is 2.40.